The molecule has 0 radical (unpaired) electrons. The first-order valence-electron chi connectivity index (χ1n) is 17.5. The lowest BCUT2D eigenvalue weighted by Crippen LogP contribution is -2.47. The van der Waals surface area contributed by atoms with Crippen molar-refractivity contribution in [2.24, 2.45) is 0 Å². The third kappa shape index (κ3) is 16.1. The van der Waals surface area contributed by atoms with Crippen LogP contribution < -0.4 is 24.3 Å². The van der Waals surface area contributed by atoms with E-state index in [4.69, 9.17) is 42.1 Å². The summed E-state index contributed by atoms with van der Waals surface area (Å²) in [4.78, 5) is 2.37. The second-order valence-corrected chi connectivity index (χ2v) is 14.9. The van der Waals surface area contributed by atoms with Gasteiger partial charge in [0.2, 0.25) is 0 Å². The maximum absolute atomic E-state index is 12.9. The SMILES string of the molecule is CC1(Oc2ccc(Cl)cc2)CCN(CCOc2ccc(F)cc2)CC1.CC1(Oc2ccc(Cl)cc2)CCNCC1.Cc1ccc(OCCBr)cc1.Cl. The molecule has 0 unspecified atom stereocenters. The quantitative estimate of drug-likeness (QED) is 0.152. The van der Waals surface area contributed by atoms with Crippen molar-refractivity contribution in [1.29, 1.82) is 0 Å². The molecule has 2 saturated heterocycles. The monoisotopic (exact) mass is 838 g/mol. The first-order valence-corrected chi connectivity index (χ1v) is 19.4. The van der Waals surface area contributed by atoms with E-state index in [0.29, 0.717) is 17.4 Å². The first-order chi connectivity index (χ1) is 24.5. The number of nitrogens with zero attached hydrogens (tertiary/aromatic N) is 1. The third-order valence-electron chi connectivity index (χ3n) is 8.79. The molecule has 1 N–H and O–H groups in total. The second-order valence-electron chi connectivity index (χ2n) is 13.3. The molecule has 6 rings (SSSR count). The van der Waals surface area contributed by atoms with Crippen LogP contribution >= 0.6 is 51.5 Å². The number of hydrogen-bond acceptors (Lipinski definition) is 6. The molecule has 0 spiro atoms. The fourth-order valence-corrected chi connectivity index (χ4v) is 6.01. The van der Waals surface area contributed by atoms with E-state index >= 15 is 0 Å². The lowest BCUT2D eigenvalue weighted by Gasteiger charge is -2.39. The molecule has 2 heterocycles. The number of hydrogen-bond donors (Lipinski definition) is 1. The molecule has 0 aliphatic carbocycles. The average molecular weight is 841 g/mol. The van der Waals surface area contributed by atoms with Gasteiger partial charge in [-0.2, -0.15) is 0 Å². The van der Waals surface area contributed by atoms with E-state index in [2.05, 4.69) is 46.9 Å². The van der Waals surface area contributed by atoms with E-state index in [1.165, 1.54) is 17.7 Å². The number of ether oxygens (including phenoxy) is 4. The third-order valence-corrected chi connectivity index (χ3v) is 9.62. The van der Waals surface area contributed by atoms with Gasteiger partial charge < -0.3 is 24.3 Å². The van der Waals surface area contributed by atoms with Crippen LogP contribution in [0.25, 0.3) is 0 Å². The molecule has 0 aromatic heterocycles. The molecular weight excluding hydrogens is 790 g/mol. The van der Waals surface area contributed by atoms with Crippen molar-refractivity contribution in [3.05, 3.63) is 118 Å². The Morgan fingerprint density at radius 1 is 0.654 bits per heavy atom. The van der Waals surface area contributed by atoms with Crippen molar-refractivity contribution < 1.29 is 23.3 Å². The van der Waals surface area contributed by atoms with Crippen molar-refractivity contribution >= 4 is 51.5 Å². The number of nitrogens with one attached hydrogen (secondary N) is 1. The first kappa shape index (κ1) is 43.7. The molecule has 4 aromatic carbocycles. The zero-order valence-corrected chi connectivity index (χ0v) is 34.1. The maximum Gasteiger partial charge on any atom is 0.123 e. The topological polar surface area (TPSA) is 52.2 Å². The van der Waals surface area contributed by atoms with Gasteiger partial charge in [-0.3, -0.25) is 4.90 Å². The summed E-state index contributed by atoms with van der Waals surface area (Å²) in [5, 5.41) is 5.67. The van der Waals surface area contributed by atoms with Crippen molar-refractivity contribution in [3.63, 3.8) is 0 Å². The molecular formula is C41H51BrCl3FN2O4. The Bertz CT molecular complexity index is 1550. The van der Waals surface area contributed by atoms with Gasteiger partial charge in [-0.1, -0.05) is 56.8 Å². The predicted molar refractivity (Wildman–Crippen MR) is 218 cm³/mol. The normalized spacial score (nSPS) is 16.1. The van der Waals surface area contributed by atoms with Crippen LogP contribution in [0.15, 0.2) is 97.1 Å². The number of alkyl halides is 1. The van der Waals surface area contributed by atoms with Crippen molar-refractivity contribution in [3.8, 4) is 23.0 Å². The lowest BCUT2D eigenvalue weighted by atomic mass is 9.93. The predicted octanol–water partition coefficient (Wildman–Crippen LogP) is 10.8. The Morgan fingerprint density at radius 3 is 1.56 bits per heavy atom. The zero-order valence-electron chi connectivity index (χ0n) is 30.2. The Kier molecular flexibility index (Phi) is 18.9. The molecule has 2 aliphatic rings. The molecule has 11 heteroatoms. The van der Waals surface area contributed by atoms with Gasteiger partial charge in [0.05, 0.1) is 6.61 Å². The van der Waals surface area contributed by atoms with Crippen LogP contribution in [0.5, 0.6) is 23.0 Å². The van der Waals surface area contributed by atoms with Gasteiger partial charge in [0.15, 0.2) is 0 Å². The zero-order chi connectivity index (χ0) is 36.5. The number of halogens is 5. The summed E-state index contributed by atoms with van der Waals surface area (Å²) < 4.78 is 36.1. The van der Waals surface area contributed by atoms with Crippen LogP contribution in [0.3, 0.4) is 0 Å². The van der Waals surface area contributed by atoms with Crippen LogP contribution in [0.2, 0.25) is 10.0 Å². The number of rotatable bonds is 11. The van der Waals surface area contributed by atoms with E-state index in [0.717, 1.165) is 92.6 Å². The van der Waals surface area contributed by atoms with Crippen molar-refractivity contribution in [1.82, 2.24) is 10.2 Å². The highest BCUT2D eigenvalue weighted by Gasteiger charge is 2.32. The van der Waals surface area contributed by atoms with E-state index in [9.17, 15) is 4.39 Å². The van der Waals surface area contributed by atoms with Gasteiger partial charge >= 0.3 is 0 Å². The molecule has 4 aromatic rings. The molecule has 0 amide bonds. The lowest BCUT2D eigenvalue weighted by molar-refractivity contribution is 0.0135. The highest BCUT2D eigenvalue weighted by atomic mass is 79.9. The minimum atomic E-state index is -0.247. The van der Waals surface area contributed by atoms with Gasteiger partial charge in [-0.25, -0.2) is 4.39 Å². The smallest absolute Gasteiger partial charge is 0.123 e. The Labute approximate surface area is 333 Å². The molecule has 2 aliphatic heterocycles. The van der Waals surface area contributed by atoms with E-state index in [1.807, 2.05) is 72.8 Å². The Morgan fingerprint density at radius 2 is 1.08 bits per heavy atom. The minimum absolute atomic E-state index is 0. The standard InChI is InChI=1S/C20H23ClFNO2.C12H16ClNO.C9H11BrO.ClH/c1-20(25-19-6-2-16(21)3-7-19)10-12-23(13-11-20)14-15-24-18-8-4-17(22)5-9-18;1-12(6-8-14-9-7-12)15-11-4-2-10(13)3-5-11;1-8-2-4-9(5-3-8)11-7-6-10;/h2-9H,10-15H2,1H3;2-5,14H,6-9H2,1H3;2-5H,6-7H2,1H3;1H. The summed E-state index contributed by atoms with van der Waals surface area (Å²) in [6, 6.07) is 29.3. The van der Waals surface area contributed by atoms with Crippen molar-refractivity contribution in [2.45, 2.75) is 57.7 Å². The summed E-state index contributed by atoms with van der Waals surface area (Å²) in [6.45, 7) is 12.6. The fraction of sp³-hybridized carbons (Fsp3) is 0.415. The average Bonchev–Trinajstić information content (AvgIpc) is 3.13. The Hall–Kier alpha value is -2.72. The van der Waals surface area contributed by atoms with Gasteiger partial charge in [-0.05, 0) is 144 Å². The van der Waals surface area contributed by atoms with Crippen LogP contribution in [0.4, 0.5) is 4.39 Å². The van der Waals surface area contributed by atoms with Crippen LogP contribution in [-0.4, -0.2) is 67.4 Å². The van der Waals surface area contributed by atoms with Crippen LogP contribution in [0, 0.1) is 12.7 Å². The Balaban J connectivity index is 0.000000230. The van der Waals surface area contributed by atoms with Gasteiger partial charge in [0, 0.05) is 35.0 Å². The van der Waals surface area contributed by atoms with Crippen LogP contribution in [-0.2, 0) is 0 Å². The minimum Gasteiger partial charge on any atom is -0.493 e. The van der Waals surface area contributed by atoms with E-state index in [-0.39, 0.29) is 29.4 Å². The number of benzene rings is 4. The van der Waals surface area contributed by atoms with Crippen molar-refractivity contribution in [2.75, 3.05) is 51.3 Å². The molecule has 52 heavy (non-hydrogen) atoms. The molecule has 0 atom stereocenters. The summed E-state index contributed by atoms with van der Waals surface area (Å²) in [5.41, 5.74) is 1.08. The molecule has 2 fully saturated rings. The summed E-state index contributed by atoms with van der Waals surface area (Å²) >= 11 is 15.0. The number of piperidine rings is 2. The van der Waals surface area contributed by atoms with Gasteiger partial charge in [0.25, 0.3) is 0 Å². The summed E-state index contributed by atoms with van der Waals surface area (Å²) in [7, 11) is 0. The highest BCUT2D eigenvalue weighted by Crippen LogP contribution is 2.29. The largest absolute Gasteiger partial charge is 0.493 e. The van der Waals surface area contributed by atoms with Gasteiger partial charge in [-0.15, -0.1) is 12.4 Å². The second kappa shape index (κ2) is 22.5. The summed E-state index contributed by atoms with van der Waals surface area (Å²) in [5.74, 6) is 3.16. The molecule has 284 valence electrons. The number of likely N-dealkylation sites (tertiary alicyclic amines) is 1. The van der Waals surface area contributed by atoms with Crippen LogP contribution in [0.1, 0.15) is 45.1 Å². The van der Waals surface area contributed by atoms with E-state index < -0.39 is 0 Å². The maximum atomic E-state index is 12.9. The fourth-order valence-electron chi connectivity index (χ4n) is 5.60. The van der Waals surface area contributed by atoms with E-state index in [1.54, 1.807) is 12.1 Å². The summed E-state index contributed by atoms with van der Waals surface area (Å²) in [6.07, 6.45) is 4.03. The van der Waals surface area contributed by atoms with Gasteiger partial charge in [0.1, 0.15) is 46.6 Å². The molecule has 6 nitrogen and oxygen atoms in total. The highest BCUT2D eigenvalue weighted by molar-refractivity contribution is 9.09. The number of aryl methyl sites for hydroxylation is 1. The molecule has 0 saturated carbocycles. The molecule has 0 bridgehead atoms.